The van der Waals surface area contributed by atoms with Crippen LogP contribution in [0.5, 0.6) is 0 Å². The summed E-state index contributed by atoms with van der Waals surface area (Å²) >= 11 is 0. The Morgan fingerprint density at radius 3 is 2.15 bits per heavy atom. The first-order valence-corrected chi connectivity index (χ1v) is 13.3. The average molecular weight is 592 g/mol. The molecule has 3 aromatic rings. The maximum atomic E-state index is 12.0. The summed E-state index contributed by atoms with van der Waals surface area (Å²) in [6.07, 6.45) is 3.48. The monoisotopic (exact) mass is 592 g/mol. The van der Waals surface area contributed by atoms with Gasteiger partial charge >= 0.3 is 29.0 Å². The van der Waals surface area contributed by atoms with E-state index in [9.17, 15) is 9.59 Å². The van der Waals surface area contributed by atoms with Crippen LogP contribution in [0, 0.1) is 13.8 Å². The van der Waals surface area contributed by atoms with Gasteiger partial charge in [-0.3, -0.25) is 9.59 Å². The number of hydrogen-bond donors (Lipinski definition) is 0. The molecule has 3 aromatic heterocycles. The number of ether oxygens (including phenoxy) is 2. The molecule has 212 valence electrons. The van der Waals surface area contributed by atoms with E-state index in [-0.39, 0.29) is 41.8 Å². The maximum absolute atomic E-state index is 12.0. The van der Waals surface area contributed by atoms with Gasteiger partial charge in [0.2, 0.25) is 0 Å². The summed E-state index contributed by atoms with van der Waals surface area (Å²) in [5.74, 6) is -0.558. The van der Waals surface area contributed by atoms with Crippen molar-refractivity contribution in [1.82, 2.24) is 19.9 Å². The molecular weight excluding hydrogens is 560 g/mol. The van der Waals surface area contributed by atoms with Crippen molar-refractivity contribution >= 4 is 56.8 Å². The van der Waals surface area contributed by atoms with E-state index in [1.807, 2.05) is 64.1 Å². The molecule has 8 nitrogen and oxygen atoms in total. The van der Waals surface area contributed by atoms with E-state index in [4.69, 9.17) is 29.4 Å². The van der Waals surface area contributed by atoms with Crippen LogP contribution in [0.2, 0.25) is 0 Å². The number of esters is 2. The molecule has 0 unspecified atom stereocenters. The first-order chi connectivity index (χ1) is 19.2. The predicted octanol–water partition coefficient (Wildman–Crippen LogP) is 5.74. The zero-order valence-corrected chi connectivity index (χ0v) is 25.2. The Hall–Kier alpha value is -3.94. The summed E-state index contributed by atoms with van der Waals surface area (Å²) in [7, 11) is 2.79. The molecule has 8 bridgehead atoms. The number of fused-ring (bicyclic) bond motifs is 8. The molecule has 5 rings (SSSR count). The van der Waals surface area contributed by atoms with Crippen LogP contribution in [-0.2, 0) is 42.6 Å². The number of methoxy groups -OCH3 is 2. The Labute approximate surface area is 249 Å². The fraction of sp³-hybridized carbons (Fsp3) is 0.312. The minimum absolute atomic E-state index is 0. The summed E-state index contributed by atoms with van der Waals surface area (Å²) in [6.45, 7) is 8.10. The van der Waals surface area contributed by atoms with E-state index in [2.05, 4.69) is 0 Å². The third-order valence-corrected chi connectivity index (χ3v) is 7.54. The Morgan fingerprint density at radius 2 is 1.44 bits per heavy atom. The van der Waals surface area contributed by atoms with Crippen LogP contribution in [-0.4, -0.2) is 36.1 Å². The van der Waals surface area contributed by atoms with Crippen molar-refractivity contribution in [2.24, 2.45) is 0 Å². The number of carbonyl (C=O) groups excluding carboxylic acids is 2. The smallest absolute Gasteiger partial charge is 0.658 e. The van der Waals surface area contributed by atoms with Gasteiger partial charge in [0, 0.05) is 12.8 Å². The molecule has 0 saturated carbocycles. The maximum Gasteiger partial charge on any atom is 2.00 e. The van der Waals surface area contributed by atoms with Crippen LogP contribution >= 0.6 is 0 Å². The molecule has 0 fully saturated rings. The molecule has 41 heavy (non-hydrogen) atoms. The molecule has 5 heterocycles. The first kappa shape index (κ1) is 30.0. The molecule has 0 aromatic carbocycles. The molecule has 9 heteroatoms. The van der Waals surface area contributed by atoms with Crippen molar-refractivity contribution in [3.8, 4) is 0 Å². The van der Waals surface area contributed by atoms with E-state index >= 15 is 0 Å². The predicted molar refractivity (Wildman–Crippen MR) is 156 cm³/mol. The van der Waals surface area contributed by atoms with E-state index in [1.165, 1.54) is 14.2 Å². The minimum Gasteiger partial charge on any atom is -0.658 e. The first-order valence-electron chi connectivity index (χ1n) is 13.3. The Bertz CT molecular complexity index is 1760. The van der Waals surface area contributed by atoms with Crippen LogP contribution < -0.4 is 9.97 Å². The van der Waals surface area contributed by atoms with Gasteiger partial charge in [0.05, 0.1) is 37.0 Å². The van der Waals surface area contributed by atoms with Crippen LogP contribution in [0.25, 0.3) is 44.9 Å². The number of hydrogen-bond acceptors (Lipinski definition) is 6. The van der Waals surface area contributed by atoms with Gasteiger partial charge in [-0.15, -0.1) is 22.1 Å². The molecular formula is C32H32FeN4O4. The second-order valence-electron chi connectivity index (χ2n) is 10.2. The van der Waals surface area contributed by atoms with Crippen LogP contribution in [0.4, 0.5) is 0 Å². The second-order valence-corrected chi connectivity index (χ2v) is 10.2. The Balaban J connectivity index is 0.00000387. The van der Waals surface area contributed by atoms with Crippen molar-refractivity contribution in [3.63, 3.8) is 0 Å². The Kier molecular flexibility index (Phi) is 9.00. The molecule has 0 aliphatic carbocycles. The summed E-state index contributed by atoms with van der Waals surface area (Å²) in [6, 6.07) is 9.95. The van der Waals surface area contributed by atoms with Crippen molar-refractivity contribution in [1.29, 1.82) is 0 Å². The Morgan fingerprint density at radius 1 is 0.756 bits per heavy atom. The number of aromatic nitrogens is 4. The largest absolute Gasteiger partial charge is 2.00 e. The van der Waals surface area contributed by atoms with Gasteiger partial charge in [0.25, 0.3) is 0 Å². The second kappa shape index (κ2) is 12.3. The molecule has 0 amide bonds. The van der Waals surface area contributed by atoms with Crippen molar-refractivity contribution in [2.75, 3.05) is 14.2 Å². The van der Waals surface area contributed by atoms with Gasteiger partial charge in [-0.25, -0.2) is 9.97 Å². The zero-order valence-electron chi connectivity index (χ0n) is 24.1. The van der Waals surface area contributed by atoms with Crippen molar-refractivity contribution in [2.45, 2.75) is 53.4 Å². The number of nitrogens with zero attached hydrogens (tertiary/aromatic N) is 4. The van der Waals surface area contributed by atoms with Crippen molar-refractivity contribution in [3.05, 3.63) is 69.8 Å². The fourth-order valence-electron chi connectivity index (χ4n) is 5.15. The molecule has 0 radical (unpaired) electrons. The summed E-state index contributed by atoms with van der Waals surface area (Å²) < 4.78 is 9.80. The fourth-order valence-corrected chi connectivity index (χ4v) is 5.15. The number of rotatable bonds is 6. The van der Waals surface area contributed by atoms with E-state index in [0.29, 0.717) is 12.8 Å². The number of aryl methyl sites for hydroxylation is 3. The van der Waals surface area contributed by atoms with Gasteiger partial charge < -0.3 is 19.4 Å². The SMILES string of the molecule is COC(=O)CCC1=C(C)c2cc3cc(C)c(cc4nc(cc5[n-]c(cc1n2)c(CCC(=O)OC)c5C)C(C)=C4)[n-]3.[Fe+2]. The molecule has 0 atom stereocenters. The van der Waals surface area contributed by atoms with E-state index in [1.54, 1.807) is 0 Å². The summed E-state index contributed by atoms with van der Waals surface area (Å²) in [5, 5.41) is 0. The zero-order chi connectivity index (χ0) is 28.6. The van der Waals surface area contributed by atoms with Gasteiger partial charge in [-0.1, -0.05) is 47.0 Å². The normalized spacial score (nSPS) is 12.6. The van der Waals surface area contributed by atoms with Crippen LogP contribution in [0.15, 0.2) is 30.3 Å². The van der Waals surface area contributed by atoms with E-state index in [0.717, 1.165) is 78.3 Å². The number of allylic oxidation sites excluding steroid dienone is 3. The molecule has 0 saturated heterocycles. The third-order valence-electron chi connectivity index (χ3n) is 7.54. The quantitative estimate of drug-likeness (QED) is 0.264. The van der Waals surface area contributed by atoms with E-state index < -0.39 is 0 Å². The molecule has 2 aliphatic rings. The summed E-state index contributed by atoms with van der Waals surface area (Å²) in [4.78, 5) is 43.7. The minimum atomic E-state index is -0.279. The molecule has 0 N–H and O–H groups in total. The topological polar surface area (TPSA) is 107 Å². The van der Waals surface area contributed by atoms with Crippen molar-refractivity contribution < 1.29 is 36.1 Å². The van der Waals surface area contributed by atoms with Gasteiger partial charge in [0.15, 0.2) is 0 Å². The molecule has 0 spiro atoms. The average Bonchev–Trinajstić information content (AvgIpc) is 3.62. The standard InChI is InChI=1S/C32H32N4O4.Fe/c1-17-11-22-14-27-19(3)23(7-9-31(37)39-5)29(35-27)16-30-24(8-10-32(38)40-6)20(4)28(36-30)15-26-18(2)12-21(34-26)13-25(17)33-22;/h11-16H,7-10H2,1-6H3;/q-2;+2. The molecule has 2 aliphatic heterocycles. The van der Waals surface area contributed by atoms with Crippen LogP contribution in [0.3, 0.4) is 0 Å². The third kappa shape index (κ3) is 6.21. The number of carbonyl (C=O) groups is 2. The van der Waals surface area contributed by atoms with Gasteiger partial charge in [0.1, 0.15) is 0 Å². The van der Waals surface area contributed by atoms with Gasteiger partial charge in [-0.2, -0.15) is 0 Å². The van der Waals surface area contributed by atoms with Crippen LogP contribution in [0.1, 0.15) is 72.6 Å². The summed E-state index contributed by atoms with van der Waals surface area (Å²) in [5.41, 5.74) is 12.4. The van der Waals surface area contributed by atoms with Gasteiger partial charge in [-0.05, 0) is 63.3 Å².